The van der Waals surface area contributed by atoms with Crippen LogP contribution in [0, 0.1) is 16.7 Å². The van der Waals surface area contributed by atoms with E-state index in [0.29, 0.717) is 13.1 Å². The summed E-state index contributed by atoms with van der Waals surface area (Å²) in [5.41, 5.74) is -0.562. The second-order valence-corrected chi connectivity index (χ2v) is 16.9. The fourth-order valence-electron chi connectivity index (χ4n) is 5.45. The highest BCUT2D eigenvalue weighted by Crippen LogP contribution is 2.81. The minimum atomic E-state index is -3.62. The number of esters is 1. The lowest BCUT2D eigenvalue weighted by Crippen LogP contribution is -2.41. The second kappa shape index (κ2) is 8.89. The standard InChI is InChI=1S/C26H48FN2O3P/c1-23(2,3)14-16-28-20-12-10-11-13-21(20)29(17-15-24(4,5)6)33(28,31)26(27)18-19(26)22(30)32-25(7,8)9/h19-21H,10-18H2,1-9H3/t19-,20+,21+,26+/m1/s1. The third-order valence-electron chi connectivity index (χ3n) is 7.38. The Labute approximate surface area is 201 Å². The predicted octanol–water partition coefficient (Wildman–Crippen LogP) is 7.01. The van der Waals surface area contributed by atoms with Crippen molar-refractivity contribution in [2.24, 2.45) is 16.7 Å². The molecular weight excluding hydrogens is 438 g/mol. The van der Waals surface area contributed by atoms with Gasteiger partial charge >= 0.3 is 5.97 Å². The van der Waals surface area contributed by atoms with Crippen LogP contribution in [-0.4, -0.2) is 51.5 Å². The number of hydrogen-bond acceptors (Lipinski definition) is 3. The highest BCUT2D eigenvalue weighted by Gasteiger charge is 2.78. The summed E-state index contributed by atoms with van der Waals surface area (Å²) < 4.78 is 41.6. The molecule has 2 aliphatic carbocycles. The van der Waals surface area contributed by atoms with Gasteiger partial charge in [0.1, 0.15) is 11.5 Å². The van der Waals surface area contributed by atoms with Crippen molar-refractivity contribution in [3.05, 3.63) is 0 Å². The molecule has 1 saturated heterocycles. The molecule has 3 aliphatic rings. The van der Waals surface area contributed by atoms with E-state index in [4.69, 9.17) is 4.74 Å². The number of ether oxygens (including phenoxy) is 1. The van der Waals surface area contributed by atoms with Crippen LogP contribution in [-0.2, 0) is 14.1 Å². The summed E-state index contributed by atoms with van der Waals surface area (Å²) in [6.45, 7) is 19.7. The Morgan fingerprint density at radius 2 is 1.33 bits per heavy atom. The Balaban J connectivity index is 1.98. The molecule has 0 amide bonds. The van der Waals surface area contributed by atoms with Crippen LogP contribution in [0.4, 0.5) is 4.39 Å². The van der Waals surface area contributed by atoms with Gasteiger partial charge in [-0.25, -0.2) is 13.7 Å². The van der Waals surface area contributed by atoms with Crippen molar-refractivity contribution in [2.75, 3.05) is 13.1 Å². The van der Waals surface area contributed by atoms with Gasteiger partial charge in [-0.3, -0.25) is 9.36 Å². The van der Waals surface area contributed by atoms with Crippen molar-refractivity contribution in [1.29, 1.82) is 0 Å². The van der Waals surface area contributed by atoms with Crippen molar-refractivity contribution >= 4 is 13.4 Å². The van der Waals surface area contributed by atoms with Crippen LogP contribution in [0.1, 0.15) is 107 Å². The zero-order valence-electron chi connectivity index (χ0n) is 22.5. The Morgan fingerprint density at radius 1 is 0.909 bits per heavy atom. The number of carbonyl (C=O) groups is 1. The third kappa shape index (κ3) is 5.70. The van der Waals surface area contributed by atoms with Crippen LogP contribution in [0.3, 0.4) is 0 Å². The number of hydrogen-bond donors (Lipinski definition) is 0. The predicted molar refractivity (Wildman–Crippen MR) is 133 cm³/mol. The lowest BCUT2D eigenvalue weighted by Gasteiger charge is -2.37. The van der Waals surface area contributed by atoms with Crippen molar-refractivity contribution in [2.45, 2.75) is 130 Å². The topological polar surface area (TPSA) is 49.9 Å². The van der Waals surface area contributed by atoms with Crippen LogP contribution < -0.4 is 0 Å². The quantitative estimate of drug-likeness (QED) is 0.299. The number of alkyl halides is 1. The molecule has 0 aromatic carbocycles. The molecule has 1 aliphatic heterocycles. The minimum Gasteiger partial charge on any atom is -0.460 e. The van der Waals surface area contributed by atoms with E-state index >= 15 is 8.96 Å². The van der Waals surface area contributed by atoms with E-state index in [1.54, 1.807) is 20.8 Å². The second-order valence-electron chi connectivity index (χ2n) is 14.0. The summed E-state index contributed by atoms with van der Waals surface area (Å²) in [4.78, 5) is 12.9. The first-order valence-corrected chi connectivity index (χ1v) is 14.6. The fraction of sp³-hybridized carbons (Fsp3) is 0.962. The maximum Gasteiger partial charge on any atom is 0.313 e. The van der Waals surface area contributed by atoms with E-state index in [9.17, 15) is 4.79 Å². The molecule has 33 heavy (non-hydrogen) atoms. The maximum absolute atomic E-state index is 16.8. The zero-order chi connectivity index (χ0) is 25.0. The van der Waals surface area contributed by atoms with Crippen molar-refractivity contribution in [3.8, 4) is 0 Å². The van der Waals surface area contributed by atoms with E-state index in [1.807, 2.05) is 0 Å². The first kappa shape index (κ1) is 27.1. The van der Waals surface area contributed by atoms with Crippen molar-refractivity contribution in [1.82, 2.24) is 9.34 Å². The molecule has 0 aromatic rings. The van der Waals surface area contributed by atoms with Crippen molar-refractivity contribution < 1.29 is 18.5 Å². The van der Waals surface area contributed by atoms with E-state index in [-0.39, 0.29) is 29.3 Å². The molecule has 7 heteroatoms. The van der Waals surface area contributed by atoms with Gasteiger partial charge in [0.2, 0.25) is 5.41 Å². The Bertz CT molecular complexity index is 744. The third-order valence-corrected chi connectivity index (χ3v) is 11.2. The molecule has 0 bridgehead atoms. The van der Waals surface area contributed by atoms with Crippen LogP contribution in [0.15, 0.2) is 0 Å². The van der Waals surface area contributed by atoms with Crippen molar-refractivity contribution in [3.63, 3.8) is 0 Å². The summed E-state index contributed by atoms with van der Waals surface area (Å²) in [5.74, 6) is -1.47. The number of rotatable bonds is 6. The van der Waals surface area contributed by atoms with Gasteiger partial charge in [-0.15, -0.1) is 0 Å². The zero-order valence-corrected chi connectivity index (χ0v) is 23.4. The van der Waals surface area contributed by atoms with E-state index < -0.39 is 30.3 Å². The number of nitrogens with zero attached hydrogens (tertiary/aromatic N) is 2. The molecular formula is C26H48FN2O3P. The molecule has 0 aromatic heterocycles. The normalized spacial score (nSPS) is 33.1. The lowest BCUT2D eigenvalue weighted by atomic mass is 9.88. The van der Waals surface area contributed by atoms with Gasteiger partial charge in [-0.05, 0) is 57.3 Å². The van der Waals surface area contributed by atoms with E-state index in [0.717, 1.165) is 38.5 Å². The minimum absolute atomic E-state index is 0.0106. The van der Waals surface area contributed by atoms with Crippen LogP contribution in [0.2, 0.25) is 0 Å². The maximum atomic E-state index is 16.8. The summed E-state index contributed by atoms with van der Waals surface area (Å²) in [6, 6.07) is 0.221. The van der Waals surface area contributed by atoms with Gasteiger partial charge in [-0.1, -0.05) is 54.4 Å². The highest BCUT2D eigenvalue weighted by atomic mass is 31.2. The summed E-state index contributed by atoms with van der Waals surface area (Å²) >= 11 is 0. The fourth-order valence-corrected chi connectivity index (χ4v) is 9.62. The molecule has 0 N–H and O–H groups in total. The van der Waals surface area contributed by atoms with Crippen LogP contribution >= 0.6 is 7.44 Å². The molecule has 4 atom stereocenters. The van der Waals surface area contributed by atoms with Gasteiger partial charge in [0.25, 0.3) is 7.44 Å². The number of halogens is 1. The first-order chi connectivity index (χ1) is 14.9. The molecule has 192 valence electrons. The summed E-state index contributed by atoms with van der Waals surface area (Å²) in [7, 11) is -3.62. The van der Waals surface area contributed by atoms with Crippen LogP contribution in [0.5, 0.6) is 0 Å². The van der Waals surface area contributed by atoms with Crippen LogP contribution in [0.25, 0.3) is 0 Å². The largest absolute Gasteiger partial charge is 0.460 e. The van der Waals surface area contributed by atoms with E-state index in [1.165, 1.54) is 0 Å². The van der Waals surface area contributed by atoms with Gasteiger partial charge in [0.05, 0.1) is 0 Å². The lowest BCUT2D eigenvalue weighted by molar-refractivity contribution is -0.157. The molecule has 5 nitrogen and oxygen atoms in total. The Hall–Kier alpha value is -0.450. The Kier molecular flexibility index (Phi) is 7.31. The number of carbonyl (C=O) groups excluding carboxylic acids is 1. The molecule has 1 heterocycles. The smallest absolute Gasteiger partial charge is 0.313 e. The van der Waals surface area contributed by atoms with E-state index in [2.05, 4.69) is 50.9 Å². The monoisotopic (exact) mass is 486 g/mol. The van der Waals surface area contributed by atoms with Gasteiger partial charge < -0.3 is 4.74 Å². The molecule has 3 fully saturated rings. The van der Waals surface area contributed by atoms with Gasteiger partial charge in [0.15, 0.2) is 0 Å². The summed E-state index contributed by atoms with van der Waals surface area (Å²) in [5, 5.41) is -2.01. The first-order valence-electron chi connectivity index (χ1n) is 13.0. The van der Waals surface area contributed by atoms with Gasteiger partial charge in [-0.2, -0.15) is 0 Å². The Morgan fingerprint density at radius 3 is 1.70 bits per heavy atom. The van der Waals surface area contributed by atoms with Gasteiger partial charge in [0, 0.05) is 31.6 Å². The molecule has 2 saturated carbocycles. The average molecular weight is 487 g/mol. The number of fused-ring (bicyclic) bond motifs is 1. The average Bonchev–Trinajstić information content (AvgIpc) is 3.27. The molecule has 0 unspecified atom stereocenters. The highest BCUT2D eigenvalue weighted by molar-refractivity contribution is 7.61. The SMILES string of the molecule is CC(C)(C)CCN1[C@H]2CCCC[C@@H]2N(CCC(C)(C)C)P1(=O)[C@@]1(F)C[C@@H]1C(=O)OC(C)(C)C. The molecule has 3 rings (SSSR count). The molecule has 0 radical (unpaired) electrons. The summed E-state index contributed by atoms with van der Waals surface area (Å²) in [6.07, 6.45) is 5.80. The molecule has 0 spiro atoms.